The van der Waals surface area contributed by atoms with Gasteiger partial charge in [0.2, 0.25) is 11.8 Å². The summed E-state index contributed by atoms with van der Waals surface area (Å²) in [5.41, 5.74) is 7.69. The number of carbonyl (C=O) groups excluding carboxylic acids is 2. The normalized spacial score (nSPS) is 13.7. The molecule has 5 nitrogen and oxygen atoms in total. The molecule has 0 aliphatic heterocycles. The molecule has 124 valence electrons. The fraction of sp³-hybridized carbons (Fsp3) is 0.444. The molecule has 0 saturated carbocycles. The Morgan fingerprint density at radius 1 is 1.30 bits per heavy atom. The molecule has 2 rings (SSSR count). The molecule has 0 fully saturated rings. The lowest BCUT2D eigenvalue weighted by Crippen LogP contribution is -2.48. The lowest BCUT2D eigenvalue weighted by atomic mass is 9.98. The molecule has 23 heavy (non-hydrogen) atoms. The van der Waals surface area contributed by atoms with Crippen molar-refractivity contribution in [1.82, 2.24) is 10.3 Å². The largest absolute Gasteiger partial charge is 0.368 e. The highest BCUT2D eigenvalue weighted by Crippen LogP contribution is 2.19. The zero-order valence-corrected chi connectivity index (χ0v) is 13.8. The van der Waals surface area contributed by atoms with Gasteiger partial charge in [-0.3, -0.25) is 9.59 Å². The number of nitrogens with one attached hydrogen (secondary N) is 2. The number of rotatable bonds is 8. The lowest BCUT2D eigenvalue weighted by Gasteiger charge is -2.21. The van der Waals surface area contributed by atoms with Crippen LogP contribution in [0.5, 0.6) is 0 Å². The maximum Gasteiger partial charge on any atom is 0.240 e. The number of aromatic nitrogens is 1. The minimum absolute atomic E-state index is 0.0464. The van der Waals surface area contributed by atoms with Gasteiger partial charge in [0.15, 0.2) is 0 Å². The highest BCUT2D eigenvalue weighted by molar-refractivity contribution is 5.87. The van der Waals surface area contributed by atoms with E-state index in [2.05, 4.69) is 16.4 Å². The molecule has 0 aliphatic rings. The van der Waals surface area contributed by atoms with Gasteiger partial charge in [-0.25, -0.2) is 0 Å². The summed E-state index contributed by atoms with van der Waals surface area (Å²) < 4.78 is 0. The Bertz CT molecular complexity index is 678. The molecule has 1 aromatic carbocycles. The summed E-state index contributed by atoms with van der Waals surface area (Å²) in [6.07, 6.45) is 4.73. The summed E-state index contributed by atoms with van der Waals surface area (Å²) in [5.74, 6) is -0.539. The van der Waals surface area contributed by atoms with Gasteiger partial charge < -0.3 is 16.0 Å². The van der Waals surface area contributed by atoms with E-state index in [-0.39, 0.29) is 11.8 Å². The lowest BCUT2D eigenvalue weighted by molar-refractivity contribution is -0.128. The SMILES string of the molecule is CCC(C)C(NC(=O)CCCc1c[nH]c2ccccc12)C(N)=O. The van der Waals surface area contributed by atoms with Crippen molar-refractivity contribution in [2.24, 2.45) is 11.7 Å². The van der Waals surface area contributed by atoms with Crippen LogP contribution in [0, 0.1) is 5.92 Å². The number of amides is 2. The molecule has 2 atom stereocenters. The molecule has 2 aromatic rings. The monoisotopic (exact) mass is 315 g/mol. The summed E-state index contributed by atoms with van der Waals surface area (Å²) in [7, 11) is 0. The minimum atomic E-state index is -0.583. The second-order valence-electron chi connectivity index (χ2n) is 6.05. The van der Waals surface area contributed by atoms with Crippen LogP contribution in [-0.4, -0.2) is 22.8 Å². The van der Waals surface area contributed by atoms with E-state index in [1.165, 1.54) is 10.9 Å². The molecule has 0 aliphatic carbocycles. The summed E-state index contributed by atoms with van der Waals surface area (Å²) in [6, 6.07) is 7.54. The summed E-state index contributed by atoms with van der Waals surface area (Å²) in [6.45, 7) is 3.89. The van der Waals surface area contributed by atoms with Crippen molar-refractivity contribution in [2.75, 3.05) is 0 Å². The first-order valence-corrected chi connectivity index (χ1v) is 8.16. The topological polar surface area (TPSA) is 88.0 Å². The molecule has 0 saturated heterocycles. The van der Waals surface area contributed by atoms with Gasteiger partial charge in [-0.2, -0.15) is 0 Å². The second kappa shape index (κ2) is 7.81. The van der Waals surface area contributed by atoms with Crippen LogP contribution in [0.4, 0.5) is 0 Å². The predicted octanol–water partition coefficient (Wildman–Crippen LogP) is 2.51. The minimum Gasteiger partial charge on any atom is -0.368 e. The molecule has 5 heteroatoms. The number of primary amides is 1. The standard InChI is InChI=1S/C18H25N3O2/c1-3-12(2)17(18(19)23)21-16(22)10-6-7-13-11-20-15-9-5-4-8-14(13)15/h4-5,8-9,11-12,17,20H,3,6-7,10H2,1-2H3,(H2,19,23)(H,21,22). The van der Waals surface area contributed by atoms with Gasteiger partial charge in [-0.1, -0.05) is 38.5 Å². The van der Waals surface area contributed by atoms with Crippen LogP contribution in [0.1, 0.15) is 38.7 Å². The van der Waals surface area contributed by atoms with Crippen molar-refractivity contribution >= 4 is 22.7 Å². The van der Waals surface area contributed by atoms with E-state index in [0.29, 0.717) is 6.42 Å². The van der Waals surface area contributed by atoms with Crippen LogP contribution in [0.3, 0.4) is 0 Å². The maximum absolute atomic E-state index is 12.0. The van der Waals surface area contributed by atoms with Crippen LogP contribution in [0.25, 0.3) is 10.9 Å². The summed E-state index contributed by atoms with van der Waals surface area (Å²) in [5, 5.41) is 3.96. The molecule has 1 heterocycles. The number of para-hydroxylation sites is 1. The fourth-order valence-electron chi connectivity index (χ4n) is 2.75. The zero-order valence-electron chi connectivity index (χ0n) is 13.8. The van der Waals surface area contributed by atoms with Gasteiger partial charge >= 0.3 is 0 Å². The first-order chi connectivity index (χ1) is 11.0. The Morgan fingerprint density at radius 2 is 2.04 bits per heavy atom. The van der Waals surface area contributed by atoms with Crippen molar-refractivity contribution in [3.63, 3.8) is 0 Å². The third-order valence-electron chi connectivity index (χ3n) is 4.36. The maximum atomic E-state index is 12.0. The van der Waals surface area contributed by atoms with Crippen molar-refractivity contribution < 1.29 is 9.59 Å². The Hall–Kier alpha value is -2.30. The number of H-pyrrole nitrogens is 1. The molecule has 0 bridgehead atoms. The Kier molecular flexibility index (Phi) is 5.79. The van der Waals surface area contributed by atoms with Gasteiger partial charge in [0.1, 0.15) is 6.04 Å². The quantitative estimate of drug-likeness (QED) is 0.699. The van der Waals surface area contributed by atoms with E-state index in [0.717, 1.165) is 24.8 Å². The van der Waals surface area contributed by atoms with E-state index in [1.54, 1.807) is 0 Å². The van der Waals surface area contributed by atoms with E-state index in [1.807, 2.05) is 38.2 Å². The number of fused-ring (bicyclic) bond motifs is 1. The average molecular weight is 315 g/mol. The number of nitrogens with two attached hydrogens (primary N) is 1. The summed E-state index contributed by atoms with van der Waals surface area (Å²) >= 11 is 0. The average Bonchev–Trinajstić information content (AvgIpc) is 2.95. The Morgan fingerprint density at radius 3 is 2.74 bits per heavy atom. The van der Waals surface area contributed by atoms with E-state index < -0.39 is 11.9 Å². The number of aromatic amines is 1. The van der Waals surface area contributed by atoms with Crippen LogP contribution >= 0.6 is 0 Å². The van der Waals surface area contributed by atoms with Gasteiger partial charge in [-0.15, -0.1) is 0 Å². The van der Waals surface area contributed by atoms with E-state index in [9.17, 15) is 9.59 Å². The van der Waals surface area contributed by atoms with Gasteiger partial charge in [-0.05, 0) is 30.4 Å². The van der Waals surface area contributed by atoms with Gasteiger partial charge in [0.25, 0.3) is 0 Å². The molecular weight excluding hydrogens is 290 g/mol. The van der Waals surface area contributed by atoms with Crippen LogP contribution in [-0.2, 0) is 16.0 Å². The zero-order chi connectivity index (χ0) is 16.8. The molecule has 0 radical (unpaired) electrons. The fourth-order valence-corrected chi connectivity index (χ4v) is 2.75. The van der Waals surface area contributed by atoms with Crippen molar-refractivity contribution in [3.05, 3.63) is 36.0 Å². The Balaban J connectivity index is 1.86. The number of benzene rings is 1. The number of hydrogen-bond donors (Lipinski definition) is 3. The third kappa shape index (κ3) is 4.34. The molecule has 4 N–H and O–H groups in total. The van der Waals surface area contributed by atoms with Crippen molar-refractivity contribution in [3.8, 4) is 0 Å². The number of aryl methyl sites for hydroxylation is 1. The highest BCUT2D eigenvalue weighted by Gasteiger charge is 2.23. The van der Waals surface area contributed by atoms with Gasteiger partial charge in [0.05, 0.1) is 0 Å². The number of carbonyl (C=O) groups is 2. The van der Waals surface area contributed by atoms with Crippen molar-refractivity contribution in [2.45, 2.75) is 45.6 Å². The van der Waals surface area contributed by atoms with Crippen LogP contribution < -0.4 is 11.1 Å². The molecule has 0 spiro atoms. The van der Waals surface area contributed by atoms with E-state index >= 15 is 0 Å². The predicted molar refractivity (Wildman–Crippen MR) is 91.8 cm³/mol. The van der Waals surface area contributed by atoms with Crippen LogP contribution in [0.2, 0.25) is 0 Å². The van der Waals surface area contributed by atoms with Crippen LogP contribution in [0.15, 0.2) is 30.5 Å². The van der Waals surface area contributed by atoms with Gasteiger partial charge in [0, 0.05) is 23.5 Å². The first kappa shape index (κ1) is 17.1. The molecule has 1 aromatic heterocycles. The molecule has 2 unspecified atom stereocenters. The summed E-state index contributed by atoms with van der Waals surface area (Å²) in [4.78, 5) is 26.7. The smallest absolute Gasteiger partial charge is 0.240 e. The molecular formula is C18H25N3O2. The highest BCUT2D eigenvalue weighted by atomic mass is 16.2. The second-order valence-corrected chi connectivity index (χ2v) is 6.05. The Labute approximate surface area is 136 Å². The van der Waals surface area contributed by atoms with Crippen molar-refractivity contribution in [1.29, 1.82) is 0 Å². The van der Waals surface area contributed by atoms with E-state index in [4.69, 9.17) is 5.73 Å². The third-order valence-corrected chi connectivity index (χ3v) is 4.36. The number of hydrogen-bond acceptors (Lipinski definition) is 2. The molecule has 2 amide bonds. The first-order valence-electron chi connectivity index (χ1n) is 8.16.